The minimum atomic E-state index is -0.487. The van der Waals surface area contributed by atoms with Crippen LogP contribution in [0.2, 0.25) is 5.02 Å². The Morgan fingerprint density at radius 2 is 1.69 bits per heavy atom. The normalized spacial score (nSPS) is 11.4. The van der Waals surface area contributed by atoms with Gasteiger partial charge in [0.1, 0.15) is 16.8 Å². The van der Waals surface area contributed by atoms with E-state index >= 15 is 0 Å². The highest BCUT2D eigenvalue weighted by atomic mass is 35.5. The number of hydrogen-bond acceptors (Lipinski definition) is 5. The van der Waals surface area contributed by atoms with Gasteiger partial charge in [0.05, 0.1) is 23.6 Å². The molecule has 4 rings (SSSR count). The highest BCUT2D eigenvalue weighted by Crippen LogP contribution is 2.36. The number of hydrogen-bond donors (Lipinski definition) is 1. The van der Waals surface area contributed by atoms with Crippen LogP contribution in [0.5, 0.6) is 5.75 Å². The molecule has 0 saturated carbocycles. The molecule has 1 unspecified atom stereocenters. The Morgan fingerprint density at radius 3 is 2.31 bits per heavy atom. The number of anilines is 1. The Kier molecular flexibility index (Phi) is 7.71. The van der Waals surface area contributed by atoms with E-state index in [0.717, 1.165) is 22.4 Å². The van der Waals surface area contributed by atoms with Gasteiger partial charge >= 0.3 is 0 Å². The molecule has 1 atom stereocenters. The first kappa shape index (κ1) is 24.3. The molecule has 174 valence electrons. The third kappa shape index (κ3) is 5.83. The van der Waals surface area contributed by atoms with Gasteiger partial charge in [-0.2, -0.15) is 5.26 Å². The maximum absolute atomic E-state index is 12.9. The van der Waals surface area contributed by atoms with Gasteiger partial charge in [0.15, 0.2) is 0 Å². The number of amides is 1. The molecule has 0 aliphatic carbocycles. The zero-order valence-corrected chi connectivity index (χ0v) is 20.7. The molecule has 1 amide bonds. The van der Waals surface area contributed by atoms with E-state index in [9.17, 15) is 10.1 Å². The number of nitrogens with one attached hydrogen (secondary N) is 1. The number of carbonyl (C=O) groups is 1. The number of aromatic nitrogens is 1. The standard InChI is InChI=1S/C28H22ClN3O2S/c1-18(27(33)31-22-6-4-3-5-7-22)35-28-25(17-30)24(19-8-12-21(29)13-9-19)16-26(32-28)20-10-14-23(34-2)15-11-20/h3-16,18H,1-2H3,(H,31,33). The van der Waals surface area contributed by atoms with Gasteiger partial charge < -0.3 is 10.1 Å². The molecule has 7 heteroatoms. The van der Waals surface area contributed by atoms with Crippen LogP contribution in [0.4, 0.5) is 5.69 Å². The van der Waals surface area contributed by atoms with Crippen LogP contribution in [-0.4, -0.2) is 23.3 Å². The third-order valence-electron chi connectivity index (χ3n) is 5.34. The summed E-state index contributed by atoms with van der Waals surface area (Å²) in [5, 5.41) is 13.6. The van der Waals surface area contributed by atoms with E-state index in [1.807, 2.05) is 72.8 Å². The number of pyridine rings is 1. The second-order valence-corrected chi connectivity index (χ2v) is 9.46. The van der Waals surface area contributed by atoms with Crippen molar-refractivity contribution in [1.29, 1.82) is 5.26 Å². The van der Waals surface area contributed by atoms with Crippen LogP contribution in [-0.2, 0) is 4.79 Å². The molecule has 0 spiro atoms. The SMILES string of the molecule is COc1ccc(-c2cc(-c3ccc(Cl)cc3)c(C#N)c(SC(C)C(=O)Nc3ccccc3)n2)cc1. The quantitative estimate of drug-likeness (QED) is 0.275. The van der Waals surface area contributed by atoms with Gasteiger partial charge in [-0.15, -0.1) is 0 Å². The fourth-order valence-electron chi connectivity index (χ4n) is 3.47. The molecular weight excluding hydrogens is 478 g/mol. The van der Waals surface area contributed by atoms with Crippen LogP contribution in [0, 0.1) is 11.3 Å². The number of nitrogens with zero attached hydrogens (tertiary/aromatic N) is 2. The Balaban J connectivity index is 1.75. The molecule has 0 fully saturated rings. The molecule has 5 nitrogen and oxygen atoms in total. The molecule has 0 radical (unpaired) electrons. The summed E-state index contributed by atoms with van der Waals surface area (Å²) in [6.07, 6.45) is 0. The lowest BCUT2D eigenvalue weighted by molar-refractivity contribution is -0.115. The summed E-state index contributed by atoms with van der Waals surface area (Å²) in [6.45, 7) is 1.80. The van der Waals surface area contributed by atoms with Gasteiger partial charge in [-0.1, -0.05) is 53.7 Å². The lowest BCUT2D eigenvalue weighted by Gasteiger charge is -2.16. The number of methoxy groups -OCH3 is 1. The van der Waals surface area contributed by atoms with Crippen LogP contribution >= 0.6 is 23.4 Å². The van der Waals surface area contributed by atoms with Crippen molar-refractivity contribution in [2.75, 3.05) is 12.4 Å². The number of nitriles is 1. The zero-order chi connectivity index (χ0) is 24.8. The molecule has 1 heterocycles. The Bertz CT molecular complexity index is 1370. The highest BCUT2D eigenvalue weighted by molar-refractivity contribution is 8.00. The maximum atomic E-state index is 12.9. The molecule has 0 aliphatic rings. The van der Waals surface area contributed by atoms with E-state index in [4.69, 9.17) is 21.3 Å². The highest BCUT2D eigenvalue weighted by Gasteiger charge is 2.21. The monoisotopic (exact) mass is 499 g/mol. The van der Waals surface area contributed by atoms with Crippen molar-refractivity contribution < 1.29 is 9.53 Å². The summed E-state index contributed by atoms with van der Waals surface area (Å²) < 4.78 is 5.27. The third-order valence-corrected chi connectivity index (χ3v) is 6.68. The number of ether oxygens (including phenoxy) is 1. The molecule has 4 aromatic rings. The fraction of sp³-hybridized carbons (Fsp3) is 0.107. The Labute approximate surface area is 213 Å². The smallest absolute Gasteiger partial charge is 0.237 e. The van der Waals surface area contributed by atoms with E-state index in [0.29, 0.717) is 27.0 Å². The summed E-state index contributed by atoms with van der Waals surface area (Å²) >= 11 is 7.35. The maximum Gasteiger partial charge on any atom is 0.237 e. The first-order valence-electron chi connectivity index (χ1n) is 10.9. The summed E-state index contributed by atoms with van der Waals surface area (Å²) in [4.78, 5) is 17.7. The van der Waals surface area contributed by atoms with Crippen molar-refractivity contribution in [3.63, 3.8) is 0 Å². The van der Waals surface area contributed by atoms with Gasteiger partial charge in [-0.3, -0.25) is 4.79 Å². The summed E-state index contributed by atoms with van der Waals surface area (Å²) in [7, 11) is 1.62. The van der Waals surface area contributed by atoms with Crippen molar-refractivity contribution in [3.05, 3.63) is 95.5 Å². The van der Waals surface area contributed by atoms with Crippen LogP contribution in [0.15, 0.2) is 90.0 Å². The molecule has 0 saturated heterocycles. The van der Waals surface area contributed by atoms with Gasteiger partial charge in [-0.05, 0) is 67.1 Å². The zero-order valence-electron chi connectivity index (χ0n) is 19.2. The number of halogens is 1. The van der Waals surface area contributed by atoms with E-state index in [2.05, 4.69) is 11.4 Å². The second-order valence-electron chi connectivity index (χ2n) is 7.70. The van der Waals surface area contributed by atoms with E-state index in [1.54, 1.807) is 26.2 Å². The van der Waals surface area contributed by atoms with Crippen LogP contribution in [0.25, 0.3) is 22.4 Å². The number of carbonyl (C=O) groups excluding carboxylic acids is 1. The van der Waals surface area contributed by atoms with Crippen LogP contribution in [0.3, 0.4) is 0 Å². The summed E-state index contributed by atoms with van der Waals surface area (Å²) in [6, 6.07) is 28.3. The predicted octanol–water partition coefficient (Wildman–Crippen LogP) is 7.07. The van der Waals surface area contributed by atoms with Gasteiger partial charge in [0.2, 0.25) is 5.91 Å². The van der Waals surface area contributed by atoms with E-state index < -0.39 is 5.25 Å². The van der Waals surface area contributed by atoms with Crippen LogP contribution in [0.1, 0.15) is 12.5 Å². The number of rotatable bonds is 7. The number of thioether (sulfide) groups is 1. The fourth-order valence-corrected chi connectivity index (χ4v) is 4.52. The molecule has 0 aliphatic heterocycles. The molecule has 35 heavy (non-hydrogen) atoms. The summed E-state index contributed by atoms with van der Waals surface area (Å²) in [5.41, 5.74) is 4.25. The average Bonchev–Trinajstić information content (AvgIpc) is 2.89. The first-order valence-corrected chi connectivity index (χ1v) is 12.1. The first-order chi connectivity index (χ1) is 17.0. The van der Waals surface area contributed by atoms with Gasteiger partial charge in [0.25, 0.3) is 0 Å². The molecular formula is C28H22ClN3O2S. The largest absolute Gasteiger partial charge is 0.497 e. The average molecular weight is 500 g/mol. The Morgan fingerprint density at radius 1 is 1.03 bits per heavy atom. The van der Waals surface area contributed by atoms with Crippen molar-refractivity contribution in [3.8, 4) is 34.2 Å². The van der Waals surface area contributed by atoms with Gasteiger partial charge in [-0.25, -0.2) is 4.98 Å². The predicted molar refractivity (Wildman–Crippen MR) is 142 cm³/mol. The van der Waals surface area contributed by atoms with E-state index in [1.165, 1.54) is 11.8 Å². The molecule has 0 bridgehead atoms. The minimum absolute atomic E-state index is 0.171. The topological polar surface area (TPSA) is 75.0 Å². The summed E-state index contributed by atoms with van der Waals surface area (Å²) in [5.74, 6) is 0.566. The lowest BCUT2D eigenvalue weighted by Crippen LogP contribution is -2.22. The van der Waals surface area contributed by atoms with Crippen molar-refractivity contribution >= 4 is 35.0 Å². The number of para-hydroxylation sites is 1. The lowest BCUT2D eigenvalue weighted by atomic mass is 9.99. The molecule has 1 aromatic heterocycles. The molecule has 1 N–H and O–H groups in total. The second kappa shape index (κ2) is 11.1. The van der Waals surface area contributed by atoms with Crippen molar-refractivity contribution in [1.82, 2.24) is 4.98 Å². The Hall–Kier alpha value is -3.79. The van der Waals surface area contributed by atoms with E-state index in [-0.39, 0.29) is 5.91 Å². The molecule has 3 aromatic carbocycles. The van der Waals surface area contributed by atoms with Crippen LogP contribution < -0.4 is 10.1 Å². The van der Waals surface area contributed by atoms with Crippen molar-refractivity contribution in [2.24, 2.45) is 0 Å². The minimum Gasteiger partial charge on any atom is -0.497 e. The number of benzene rings is 3. The van der Waals surface area contributed by atoms with Gasteiger partial charge in [0, 0.05) is 21.8 Å². The van der Waals surface area contributed by atoms with Crippen molar-refractivity contribution in [2.45, 2.75) is 17.2 Å².